The van der Waals surface area contributed by atoms with Crippen molar-refractivity contribution in [3.63, 3.8) is 0 Å². The number of amides is 1. The van der Waals surface area contributed by atoms with E-state index in [0.717, 1.165) is 0 Å². The summed E-state index contributed by atoms with van der Waals surface area (Å²) in [5.74, 6) is -1.20. The molecule has 1 aromatic rings. The number of aliphatic carboxylic acids is 1. The number of carbonyl (C=O) groups is 3. The van der Waals surface area contributed by atoms with Crippen LogP contribution in [0.3, 0.4) is 0 Å². The van der Waals surface area contributed by atoms with Gasteiger partial charge < -0.3 is 15.2 Å². The van der Waals surface area contributed by atoms with Crippen molar-refractivity contribution in [2.45, 2.75) is 18.9 Å². The molecule has 0 spiro atoms. The molecule has 21 heavy (non-hydrogen) atoms. The Kier molecular flexibility index (Phi) is 6.74. The lowest BCUT2D eigenvalue weighted by molar-refractivity contribution is -0.141. The van der Waals surface area contributed by atoms with Crippen LogP contribution in [-0.4, -0.2) is 41.7 Å². The number of ketones is 1. The molecule has 0 aromatic heterocycles. The summed E-state index contributed by atoms with van der Waals surface area (Å²) in [6, 6.07) is 5.51. The van der Waals surface area contributed by atoms with Gasteiger partial charge in [0.15, 0.2) is 5.78 Å². The predicted molar refractivity (Wildman–Crippen MR) is 80.0 cm³/mol. The summed E-state index contributed by atoms with van der Waals surface area (Å²) in [5, 5.41) is 11.1. The number of carbonyl (C=O) groups excluding carboxylic acids is 2. The van der Waals surface area contributed by atoms with Crippen molar-refractivity contribution in [1.29, 1.82) is 0 Å². The molecule has 0 heterocycles. The maximum absolute atomic E-state index is 11.9. The number of methoxy groups -OCH3 is 1. The van der Waals surface area contributed by atoms with Crippen LogP contribution in [0.15, 0.2) is 24.3 Å². The van der Waals surface area contributed by atoms with E-state index in [0.29, 0.717) is 11.3 Å². The molecular weight excluding hydrogens is 294 g/mol. The van der Waals surface area contributed by atoms with Crippen molar-refractivity contribution in [3.05, 3.63) is 29.8 Å². The summed E-state index contributed by atoms with van der Waals surface area (Å²) in [6.45, 7) is 0. The van der Waals surface area contributed by atoms with Crippen molar-refractivity contribution in [2.75, 3.05) is 12.9 Å². The molecule has 0 saturated heterocycles. The molecular formula is C14H17NO5S. The van der Waals surface area contributed by atoms with Crippen molar-refractivity contribution in [1.82, 2.24) is 5.32 Å². The van der Waals surface area contributed by atoms with Gasteiger partial charge >= 0.3 is 5.97 Å². The van der Waals surface area contributed by atoms with E-state index in [4.69, 9.17) is 9.84 Å². The van der Waals surface area contributed by atoms with Crippen molar-refractivity contribution < 1.29 is 24.2 Å². The lowest BCUT2D eigenvalue weighted by atomic mass is 10.1. The van der Waals surface area contributed by atoms with Gasteiger partial charge in [-0.2, -0.15) is 12.6 Å². The van der Waals surface area contributed by atoms with Crippen molar-refractivity contribution in [2.24, 2.45) is 0 Å². The first-order valence-electron chi connectivity index (χ1n) is 6.28. The average molecular weight is 311 g/mol. The van der Waals surface area contributed by atoms with Crippen molar-refractivity contribution in [3.8, 4) is 5.75 Å². The van der Waals surface area contributed by atoms with Gasteiger partial charge in [0.1, 0.15) is 11.8 Å². The van der Waals surface area contributed by atoms with E-state index in [1.165, 1.54) is 7.11 Å². The Balaban J connectivity index is 2.48. The number of thiol groups is 1. The molecule has 1 unspecified atom stereocenters. The number of ether oxygens (including phenoxy) is 1. The maximum atomic E-state index is 11.9. The highest BCUT2D eigenvalue weighted by Crippen LogP contribution is 2.13. The summed E-state index contributed by atoms with van der Waals surface area (Å²) < 4.78 is 4.99. The van der Waals surface area contributed by atoms with Crippen LogP contribution in [0.2, 0.25) is 0 Å². The fraction of sp³-hybridized carbons (Fsp3) is 0.357. The number of hydrogen-bond donors (Lipinski definition) is 3. The minimum absolute atomic E-state index is 0.00645. The van der Waals surface area contributed by atoms with E-state index < -0.39 is 17.9 Å². The Bertz CT molecular complexity index is 515. The third-order valence-electron chi connectivity index (χ3n) is 2.81. The summed E-state index contributed by atoms with van der Waals surface area (Å²) in [6.07, 6.45) is -0.0561. The number of hydrogen-bond acceptors (Lipinski definition) is 5. The highest BCUT2D eigenvalue weighted by Gasteiger charge is 2.18. The van der Waals surface area contributed by atoms with E-state index in [1.54, 1.807) is 24.3 Å². The smallest absolute Gasteiger partial charge is 0.327 e. The normalized spacial score (nSPS) is 11.5. The van der Waals surface area contributed by atoms with Gasteiger partial charge in [-0.05, 0) is 24.3 Å². The Hall–Kier alpha value is -2.02. The third-order valence-corrected chi connectivity index (χ3v) is 3.17. The average Bonchev–Trinajstić information content (AvgIpc) is 2.49. The number of carboxylic acid groups (broad SMARTS) is 1. The molecule has 7 heteroatoms. The molecule has 0 bridgehead atoms. The Morgan fingerprint density at radius 2 is 1.86 bits per heavy atom. The molecule has 0 aliphatic rings. The molecule has 0 radical (unpaired) electrons. The molecule has 1 atom stereocenters. The minimum Gasteiger partial charge on any atom is -0.497 e. The van der Waals surface area contributed by atoms with Crippen LogP contribution in [0.5, 0.6) is 5.75 Å². The summed E-state index contributed by atoms with van der Waals surface area (Å²) in [7, 11) is 1.53. The molecule has 0 aliphatic heterocycles. The number of rotatable bonds is 8. The molecule has 114 valence electrons. The highest BCUT2D eigenvalue weighted by molar-refractivity contribution is 7.80. The first-order valence-corrected chi connectivity index (χ1v) is 6.91. The molecule has 1 rings (SSSR count). The van der Waals surface area contributed by atoms with E-state index in [-0.39, 0.29) is 24.4 Å². The topological polar surface area (TPSA) is 92.7 Å². The van der Waals surface area contributed by atoms with Crippen molar-refractivity contribution >= 4 is 30.3 Å². The van der Waals surface area contributed by atoms with Gasteiger partial charge in [0.25, 0.3) is 0 Å². The molecule has 6 nitrogen and oxygen atoms in total. The SMILES string of the molecule is COc1ccc(C(=O)CCC(=O)NC(CS)C(=O)O)cc1. The second kappa shape index (κ2) is 8.31. The van der Waals surface area contributed by atoms with Gasteiger partial charge in [-0.1, -0.05) is 0 Å². The quantitative estimate of drug-likeness (QED) is 0.495. The number of Topliss-reactive ketones (excluding diaryl/α,β-unsaturated/α-hetero) is 1. The van der Waals surface area contributed by atoms with Crippen LogP contribution in [0.1, 0.15) is 23.2 Å². The van der Waals surface area contributed by atoms with E-state index in [9.17, 15) is 14.4 Å². The van der Waals surface area contributed by atoms with E-state index in [1.807, 2.05) is 0 Å². The molecule has 0 aliphatic carbocycles. The zero-order valence-corrected chi connectivity index (χ0v) is 12.4. The fourth-order valence-corrected chi connectivity index (χ4v) is 1.85. The van der Waals surface area contributed by atoms with Crippen LogP contribution in [0, 0.1) is 0 Å². The molecule has 2 N–H and O–H groups in total. The minimum atomic E-state index is -1.15. The molecule has 0 saturated carbocycles. The zero-order chi connectivity index (χ0) is 15.8. The third kappa shape index (κ3) is 5.47. The summed E-state index contributed by atoms with van der Waals surface area (Å²) in [5.41, 5.74) is 0.479. The van der Waals surface area contributed by atoms with Crippen LogP contribution in [0.25, 0.3) is 0 Å². The second-order valence-corrected chi connectivity index (χ2v) is 4.66. The zero-order valence-electron chi connectivity index (χ0n) is 11.5. The summed E-state index contributed by atoms with van der Waals surface area (Å²) in [4.78, 5) is 34.2. The maximum Gasteiger partial charge on any atom is 0.327 e. The number of benzene rings is 1. The Morgan fingerprint density at radius 3 is 2.33 bits per heavy atom. The first-order chi connectivity index (χ1) is 9.97. The fourth-order valence-electron chi connectivity index (χ4n) is 1.60. The Labute approximate surface area is 127 Å². The molecule has 1 aromatic carbocycles. The van der Waals surface area contributed by atoms with Crippen LogP contribution in [-0.2, 0) is 9.59 Å². The van der Waals surface area contributed by atoms with Gasteiger partial charge in [-0.3, -0.25) is 9.59 Å². The summed E-state index contributed by atoms with van der Waals surface area (Å²) >= 11 is 3.84. The van der Waals surface area contributed by atoms with E-state index >= 15 is 0 Å². The van der Waals surface area contributed by atoms with Gasteiger partial charge in [-0.25, -0.2) is 4.79 Å². The largest absolute Gasteiger partial charge is 0.497 e. The molecule has 1 amide bonds. The van der Waals surface area contributed by atoms with Crippen LogP contribution >= 0.6 is 12.6 Å². The highest BCUT2D eigenvalue weighted by atomic mass is 32.1. The van der Waals surface area contributed by atoms with Gasteiger partial charge in [-0.15, -0.1) is 0 Å². The predicted octanol–water partition coefficient (Wildman–Crippen LogP) is 1.16. The van der Waals surface area contributed by atoms with Crippen LogP contribution < -0.4 is 10.1 Å². The van der Waals surface area contributed by atoms with Crippen LogP contribution in [0.4, 0.5) is 0 Å². The van der Waals surface area contributed by atoms with Gasteiger partial charge in [0.2, 0.25) is 5.91 Å². The first kappa shape index (κ1) is 17.0. The lowest BCUT2D eigenvalue weighted by Gasteiger charge is -2.11. The van der Waals surface area contributed by atoms with Gasteiger partial charge in [0.05, 0.1) is 7.11 Å². The second-order valence-electron chi connectivity index (χ2n) is 4.29. The number of nitrogens with one attached hydrogen (secondary N) is 1. The lowest BCUT2D eigenvalue weighted by Crippen LogP contribution is -2.42. The van der Waals surface area contributed by atoms with E-state index in [2.05, 4.69) is 17.9 Å². The molecule has 0 fully saturated rings. The number of carboxylic acids is 1. The standard InChI is InChI=1S/C14H17NO5S/c1-20-10-4-2-9(3-5-10)12(16)6-7-13(17)15-11(8-21)14(18)19/h2-5,11,21H,6-8H2,1H3,(H,15,17)(H,18,19). The monoisotopic (exact) mass is 311 g/mol. The van der Waals surface area contributed by atoms with Gasteiger partial charge in [0, 0.05) is 24.2 Å². The Morgan fingerprint density at radius 1 is 1.24 bits per heavy atom.